The second-order valence-electron chi connectivity index (χ2n) is 12.0. The number of hydrogen-bond donors (Lipinski definition) is 6. The molecule has 0 fully saturated rings. The van der Waals surface area contributed by atoms with E-state index in [-0.39, 0.29) is 30.0 Å². The van der Waals surface area contributed by atoms with E-state index in [0.29, 0.717) is 18.9 Å². The number of nitrogens with one attached hydrogen (secondary N) is 3. The van der Waals surface area contributed by atoms with Gasteiger partial charge in [0.05, 0.1) is 12.1 Å². The van der Waals surface area contributed by atoms with Crippen LogP contribution >= 0.6 is 0 Å². The first-order valence-electron chi connectivity index (χ1n) is 15.8. The van der Waals surface area contributed by atoms with E-state index in [2.05, 4.69) is 76.1 Å². The van der Waals surface area contributed by atoms with E-state index >= 15 is 0 Å². The van der Waals surface area contributed by atoms with Crippen LogP contribution in [0.15, 0.2) is 77.4 Å². The number of hydrogen-bond acceptors (Lipinski definition) is 6. The second-order valence-corrected chi connectivity index (χ2v) is 12.0. The summed E-state index contributed by atoms with van der Waals surface area (Å²) in [6, 6.07) is 16.9. The largest absolute Gasteiger partial charge is 0.478 e. The third-order valence-electron chi connectivity index (χ3n) is 8.96. The highest BCUT2D eigenvalue weighted by Crippen LogP contribution is 2.42. The van der Waals surface area contributed by atoms with Crippen LogP contribution in [0, 0.1) is 5.92 Å². The minimum atomic E-state index is -0.968. The number of nitrogens with zero attached hydrogens (tertiary/aromatic N) is 1. The highest BCUT2D eigenvalue weighted by Gasteiger charge is 2.33. The number of fused-ring (bicyclic) bond motifs is 2. The molecule has 0 unspecified atom stereocenters. The van der Waals surface area contributed by atoms with Gasteiger partial charge in [0.25, 0.3) is 0 Å². The van der Waals surface area contributed by atoms with Gasteiger partial charge in [-0.15, -0.1) is 0 Å². The number of carboxylic acids is 1. The van der Waals surface area contributed by atoms with Crippen molar-refractivity contribution >= 4 is 34.6 Å². The molecule has 0 spiro atoms. The average Bonchev–Trinajstić information content (AvgIpc) is 3.51. The smallest absolute Gasteiger partial charge is 0.328 e. The minimum Gasteiger partial charge on any atom is -0.478 e. The minimum absolute atomic E-state index is 0.194. The van der Waals surface area contributed by atoms with Gasteiger partial charge in [-0.05, 0) is 89.6 Å². The van der Waals surface area contributed by atoms with Crippen LogP contribution in [0.1, 0.15) is 75.3 Å². The van der Waals surface area contributed by atoms with E-state index in [4.69, 9.17) is 11.5 Å². The molecule has 2 aromatic carbocycles. The maximum Gasteiger partial charge on any atom is 0.328 e. The van der Waals surface area contributed by atoms with Crippen LogP contribution in [0.25, 0.3) is 16.8 Å². The van der Waals surface area contributed by atoms with Crippen LogP contribution in [-0.2, 0) is 4.79 Å². The van der Waals surface area contributed by atoms with Gasteiger partial charge in [-0.2, -0.15) is 0 Å². The summed E-state index contributed by atoms with van der Waals surface area (Å²) in [5, 5.41) is 19.3. The third-order valence-corrected chi connectivity index (χ3v) is 8.96. The summed E-state index contributed by atoms with van der Waals surface area (Å²) in [5.41, 5.74) is 16.0. The molecule has 0 radical (unpaired) electrons. The molecule has 5 atom stereocenters. The molecule has 8 N–H and O–H groups in total. The van der Waals surface area contributed by atoms with Crippen LogP contribution in [0.3, 0.4) is 0 Å². The van der Waals surface area contributed by atoms with Crippen molar-refractivity contribution in [2.75, 3.05) is 11.9 Å². The molecular weight excluding hydrogens is 536 g/mol. The van der Waals surface area contributed by atoms with E-state index in [0.717, 1.165) is 43.5 Å². The predicted molar refractivity (Wildman–Crippen MR) is 177 cm³/mol. The van der Waals surface area contributed by atoms with Gasteiger partial charge in [-0.3, -0.25) is 4.99 Å². The zero-order chi connectivity index (χ0) is 30.2. The lowest BCUT2D eigenvalue weighted by Crippen LogP contribution is -2.48. The quantitative estimate of drug-likeness (QED) is 0.126. The molecule has 0 bridgehead atoms. The molecule has 3 aromatic rings. The molecule has 8 heteroatoms. The molecule has 228 valence electrons. The molecular formula is C35H46N6O2. The van der Waals surface area contributed by atoms with Crippen LogP contribution in [0.4, 0.5) is 5.82 Å². The molecule has 43 heavy (non-hydrogen) atoms. The number of nitrogens with two attached hydrogens (primary N) is 2. The van der Waals surface area contributed by atoms with Gasteiger partial charge in [0.1, 0.15) is 5.82 Å². The van der Waals surface area contributed by atoms with E-state index in [1.165, 1.54) is 40.8 Å². The fourth-order valence-corrected chi connectivity index (χ4v) is 6.76. The molecule has 0 saturated carbocycles. The molecule has 0 saturated heterocycles. The van der Waals surface area contributed by atoms with Crippen molar-refractivity contribution in [3.63, 3.8) is 0 Å². The zero-order valence-corrected chi connectivity index (χ0v) is 25.1. The van der Waals surface area contributed by atoms with Gasteiger partial charge in [-0.25, -0.2) is 4.79 Å². The number of carbonyl (C=O) groups is 1. The normalized spacial score (nSPS) is 21.5. The summed E-state index contributed by atoms with van der Waals surface area (Å²) in [4.78, 5) is 19.7. The average molecular weight is 583 g/mol. The van der Waals surface area contributed by atoms with Crippen molar-refractivity contribution in [3.05, 3.63) is 83.6 Å². The van der Waals surface area contributed by atoms with Gasteiger partial charge in [-0.1, -0.05) is 68.7 Å². The number of aromatic amines is 1. The second kappa shape index (κ2) is 14.4. The van der Waals surface area contributed by atoms with Crippen molar-refractivity contribution in [3.8, 4) is 0 Å². The highest BCUT2D eigenvalue weighted by atomic mass is 16.4. The number of anilines is 1. The zero-order valence-electron chi connectivity index (χ0n) is 25.1. The molecule has 2 heterocycles. The van der Waals surface area contributed by atoms with Gasteiger partial charge in [0, 0.05) is 24.9 Å². The maximum atomic E-state index is 12.1. The number of guanidine groups is 1. The Labute approximate surface area is 254 Å². The number of aromatic nitrogens is 1. The number of carboxylic acid groups (broad SMARTS) is 1. The Hall–Kier alpha value is -4.04. The lowest BCUT2D eigenvalue weighted by atomic mass is 9.72. The number of aliphatic imine (C=N–C) groups is 1. The number of aliphatic carboxylic acids is 1. The lowest BCUT2D eigenvalue weighted by molar-refractivity contribution is -0.131. The van der Waals surface area contributed by atoms with Gasteiger partial charge in [0.15, 0.2) is 5.96 Å². The molecule has 1 aliphatic carbocycles. The number of benzene rings is 2. The number of rotatable bonds is 14. The summed E-state index contributed by atoms with van der Waals surface area (Å²) >= 11 is 0. The number of allylic oxidation sites excluding steroid dienone is 1. The summed E-state index contributed by atoms with van der Waals surface area (Å²) in [6.07, 6.45) is 15.7. The summed E-state index contributed by atoms with van der Waals surface area (Å²) in [5.74, 6) is 0.711. The van der Waals surface area contributed by atoms with E-state index < -0.39 is 5.97 Å². The topological polar surface area (TPSA) is 142 Å². The Morgan fingerprint density at radius 2 is 1.95 bits per heavy atom. The first-order valence-corrected chi connectivity index (χ1v) is 15.8. The lowest BCUT2D eigenvalue weighted by Gasteiger charge is -2.36. The monoisotopic (exact) mass is 582 g/mol. The molecule has 2 aliphatic rings. The van der Waals surface area contributed by atoms with E-state index in [1.54, 1.807) is 0 Å². The first-order chi connectivity index (χ1) is 20.9. The summed E-state index contributed by atoms with van der Waals surface area (Å²) in [6.45, 7) is 2.77. The molecule has 1 aliphatic heterocycles. The van der Waals surface area contributed by atoms with E-state index in [1.807, 2.05) is 18.3 Å². The van der Waals surface area contributed by atoms with E-state index in [9.17, 15) is 9.90 Å². The SMILES string of the molecule is CCCC[C@H](N)CCC[C@@H]1c2cc3ccccc3cc2C=C[C@H]1C[C@@H](Nc1ccc[nH]1)/C(=C/C(=O)O)[C@H]1CCN=C(N)N1. The summed E-state index contributed by atoms with van der Waals surface area (Å²) in [7, 11) is 0. The molecule has 1 aromatic heterocycles. The van der Waals surface area contributed by atoms with Gasteiger partial charge in [0.2, 0.25) is 0 Å². The molecule has 0 amide bonds. The van der Waals surface area contributed by atoms with Crippen molar-refractivity contribution in [1.29, 1.82) is 0 Å². The Kier molecular flexibility index (Phi) is 10.2. The number of unbranched alkanes of at least 4 members (excludes halogenated alkanes) is 1. The Morgan fingerprint density at radius 3 is 2.67 bits per heavy atom. The van der Waals surface area contributed by atoms with Gasteiger partial charge < -0.3 is 32.2 Å². The standard InChI is InChI=1S/C35H46N6O2/c1-2-3-10-27(36)11-6-12-28-26(15-14-25-19-23-8-4-5-9-24(23)20-29(25)28)21-32(40-33-13-7-17-38-33)30(22-34(42)43)31-16-18-39-35(37)41-31/h4-5,7-9,13-15,17,19-20,22,26-28,31-32,38,40H,2-3,6,10-12,16,18,21,36H2,1H3,(H,42,43)(H3,37,39,41)/b30-22+/t26-,27-,28-,31+,32+/m0/s1. The fourth-order valence-electron chi connectivity index (χ4n) is 6.76. The fraction of sp³-hybridized carbons (Fsp3) is 0.429. The Bertz CT molecular complexity index is 1460. The van der Waals surface area contributed by atoms with Crippen molar-refractivity contribution in [1.82, 2.24) is 10.3 Å². The molecule has 5 rings (SSSR count). The highest BCUT2D eigenvalue weighted by molar-refractivity contribution is 5.87. The van der Waals surface area contributed by atoms with Crippen LogP contribution < -0.4 is 22.1 Å². The predicted octanol–water partition coefficient (Wildman–Crippen LogP) is 6.14. The van der Waals surface area contributed by atoms with Crippen molar-refractivity contribution < 1.29 is 9.90 Å². The van der Waals surface area contributed by atoms with Crippen LogP contribution in [0.2, 0.25) is 0 Å². The third kappa shape index (κ3) is 7.87. The number of H-pyrrole nitrogens is 1. The Balaban J connectivity index is 1.47. The first kappa shape index (κ1) is 30.4. The summed E-state index contributed by atoms with van der Waals surface area (Å²) < 4.78 is 0. The van der Waals surface area contributed by atoms with Gasteiger partial charge >= 0.3 is 5.97 Å². The maximum absolute atomic E-state index is 12.1. The van der Waals surface area contributed by atoms with Crippen molar-refractivity contribution in [2.45, 2.75) is 82.3 Å². The van der Waals surface area contributed by atoms with Crippen molar-refractivity contribution in [2.24, 2.45) is 22.4 Å². The Morgan fingerprint density at radius 1 is 1.16 bits per heavy atom. The molecule has 8 nitrogen and oxygen atoms in total. The van der Waals surface area contributed by atoms with Crippen LogP contribution in [0.5, 0.6) is 0 Å². The van der Waals surface area contributed by atoms with Crippen LogP contribution in [-0.4, -0.2) is 46.7 Å².